The fourth-order valence-corrected chi connectivity index (χ4v) is 2.80. The largest absolute Gasteiger partial charge is 0.374 e. The number of halogens is 1. The topological polar surface area (TPSA) is 73.4 Å². The van der Waals surface area contributed by atoms with Gasteiger partial charge in [-0.25, -0.2) is 0 Å². The Morgan fingerprint density at radius 2 is 2.39 bits per heavy atom. The Bertz CT molecular complexity index is 628. The molecule has 23 heavy (non-hydrogen) atoms. The summed E-state index contributed by atoms with van der Waals surface area (Å²) >= 11 is 5.71. The zero-order valence-corrected chi connectivity index (χ0v) is 13.5. The van der Waals surface area contributed by atoms with Crippen LogP contribution in [-0.2, 0) is 22.5 Å². The number of hydrogen-bond acceptors (Lipinski definition) is 5. The van der Waals surface area contributed by atoms with Crippen molar-refractivity contribution in [1.82, 2.24) is 19.8 Å². The van der Waals surface area contributed by atoms with E-state index in [9.17, 15) is 4.79 Å². The lowest BCUT2D eigenvalue weighted by Crippen LogP contribution is -2.38. The molecule has 0 aromatic carbocycles. The minimum atomic E-state index is -0.0407. The van der Waals surface area contributed by atoms with Crippen LogP contribution in [0.25, 0.3) is 0 Å². The number of carbonyl (C=O) groups is 1. The highest BCUT2D eigenvalue weighted by Crippen LogP contribution is 2.13. The van der Waals surface area contributed by atoms with Gasteiger partial charge in [-0.2, -0.15) is 5.10 Å². The molecule has 2 aromatic rings. The molecule has 1 aliphatic heterocycles. The van der Waals surface area contributed by atoms with Crippen LogP contribution in [0, 0.1) is 0 Å². The third kappa shape index (κ3) is 4.56. The number of hydrogen-bond donors (Lipinski definition) is 0. The van der Waals surface area contributed by atoms with Crippen LogP contribution in [0.2, 0.25) is 5.15 Å². The van der Waals surface area contributed by atoms with Gasteiger partial charge in [-0.1, -0.05) is 16.8 Å². The van der Waals surface area contributed by atoms with Crippen molar-refractivity contribution in [3.63, 3.8) is 0 Å². The SMILES string of the molecule is O=C(CCc1cc(Cl)no1)N1CCCOC(Cn2cccn2)C1. The second-order valence-electron chi connectivity index (χ2n) is 5.53. The van der Waals surface area contributed by atoms with Crippen LogP contribution in [-0.4, -0.2) is 51.5 Å². The van der Waals surface area contributed by atoms with E-state index < -0.39 is 0 Å². The number of amides is 1. The predicted octanol–water partition coefficient (Wildman–Crippen LogP) is 1.77. The van der Waals surface area contributed by atoms with Gasteiger partial charge in [0.2, 0.25) is 5.91 Å². The lowest BCUT2D eigenvalue weighted by molar-refractivity contribution is -0.132. The summed E-state index contributed by atoms with van der Waals surface area (Å²) in [6.07, 6.45) is 5.31. The maximum Gasteiger partial charge on any atom is 0.223 e. The molecule has 0 saturated carbocycles. The molecule has 1 fully saturated rings. The van der Waals surface area contributed by atoms with Gasteiger partial charge in [0.25, 0.3) is 0 Å². The predicted molar refractivity (Wildman–Crippen MR) is 83.0 cm³/mol. The van der Waals surface area contributed by atoms with E-state index in [4.69, 9.17) is 20.9 Å². The van der Waals surface area contributed by atoms with E-state index in [1.54, 1.807) is 12.3 Å². The molecule has 1 unspecified atom stereocenters. The smallest absolute Gasteiger partial charge is 0.223 e. The lowest BCUT2D eigenvalue weighted by Gasteiger charge is -2.24. The number of nitrogens with zero attached hydrogens (tertiary/aromatic N) is 4. The number of ether oxygens (including phenoxy) is 1. The van der Waals surface area contributed by atoms with Crippen LogP contribution < -0.4 is 0 Å². The molecule has 1 saturated heterocycles. The van der Waals surface area contributed by atoms with Gasteiger partial charge < -0.3 is 14.2 Å². The first-order valence-corrected chi connectivity index (χ1v) is 8.06. The molecule has 1 aliphatic rings. The second-order valence-corrected chi connectivity index (χ2v) is 5.92. The van der Waals surface area contributed by atoms with Crippen molar-refractivity contribution in [3.8, 4) is 0 Å². The monoisotopic (exact) mass is 338 g/mol. The van der Waals surface area contributed by atoms with Crippen LogP contribution in [0.4, 0.5) is 0 Å². The molecule has 0 N–H and O–H groups in total. The normalized spacial score (nSPS) is 18.8. The maximum atomic E-state index is 12.4. The first kappa shape index (κ1) is 16.0. The van der Waals surface area contributed by atoms with E-state index in [-0.39, 0.29) is 12.0 Å². The van der Waals surface area contributed by atoms with E-state index in [2.05, 4.69) is 10.3 Å². The summed E-state index contributed by atoms with van der Waals surface area (Å²) in [6, 6.07) is 3.52. The first-order valence-electron chi connectivity index (χ1n) is 7.68. The van der Waals surface area contributed by atoms with Crippen molar-refractivity contribution >= 4 is 17.5 Å². The molecule has 2 aromatic heterocycles. The number of carbonyl (C=O) groups excluding carboxylic acids is 1. The summed E-state index contributed by atoms with van der Waals surface area (Å²) in [4.78, 5) is 14.3. The van der Waals surface area contributed by atoms with Gasteiger partial charge in [0.15, 0.2) is 5.15 Å². The van der Waals surface area contributed by atoms with Gasteiger partial charge in [0.05, 0.1) is 12.6 Å². The second kappa shape index (κ2) is 7.61. The van der Waals surface area contributed by atoms with Crippen molar-refractivity contribution in [1.29, 1.82) is 0 Å². The number of aromatic nitrogens is 3. The van der Waals surface area contributed by atoms with E-state index in [0.717, 1.165) is 6.42 Å². The average Bonchev–Trinajstić information content (AvgIpc) is 3.13. The summed E-state index contributed by atoms with van der Waals surface area (Å²) in [7, 11) is 0. The third-order valence-electron chi connectivity index (χ3n) is 3.77. The zero-order chi connectivity index (χ0) is 16.1. The molecule has 0 bridgehead atoms. The molecule has 0 spiro atoms. The van der Waals surface area contributed by atoms with Crippen molar-refractivity contribution in [2.24, 2.45) is 0 Å². The quantitative estimate of drug-likeness (QED) is 0.830. The highest BCUT2D eigenvalue weighted by atomic mass is 35.5. The van der Waals surface area contributed by atoms with E-state index in [1.807, 2.05) is 21.8 Å². The molecule has 1 atom stereocenters. The van der Waals surface area contributed by atoms with Gasteiger partial charge in [0, 0.05) is 51.0 Å². The number of rotatable bonds is 5. The minimum absolute atomic E-state index is 0.0407. The molecule has 3 heterocycles. The summed E-state index contributed by atoms with van der Waals surface area (Å²) in [6.45, 7) is 2.60. The maximum absolute atomic E-state index is 12.4. The molecule has 1 amide bonds. The molecule has 0 aliphatic carbocycles. The van der Waals surface area contributed by atoms with Crippen LogP contribution in [0.1, 0.15) is 18.6 Å². The van der Waals surface area contributed by atoms with E-state index in [0.29, 0.717) is 50.0 Å². The van der Waals surface area contributed by atoms with Gasteiger partial charge in [-0.3, -0.25) is 9.48 Å². The van der Waals surface area contributed by atoms with Crippen LogP contribution >= 0.6 is 11.6 Å². The summed E-state index contributed by atoms with van der Waals surface area (Å²) in [5.74, 6) is 0.719. The molecule has 8 heteroatoms. The van der Waals surface area contributed by atoms with Crippen LogP contribution in [0.5, 0.6) is 0 Å². The van der Waals surface area contributed by atoms with E-state index >= 15 is 0 Å². The van der Waals surface area contributed by atoms with Gasteiger partial charge in [-0.15, -0.1) is 0 Å². The van der Waals surface area contributed by atoms with Gasteiger partial charge in [0.1, 0.15) is 5.76 Å². The highest BCUT2D eigenvalue weighted by Gasteiger charge is 2.23. The Labute approximate surface area is 139 Å². The Kier molecular flexibility index (Phi) is 5.30. The summed E-state index contributed by atoms with van der Waals surface area (Å²) in [5, 5.41) is 8.12. The molecular formula is C15H19ClN4O3. The lowest BCUT2D eigenvalue weighted by atomic mass is 10.2. The Balaban J connectivity index is 1.53. The standard InChI is InChI=1S/C15H19ClN4O3/c16-14-9-12(23-18-14)3-4-15(21)19-6-2-8-22-13(10-19)11-20-7-1-5-17-20/h1,5,7,9,13H,2-4,6,8,10-11H2. The van der Waals surface area contributed by atoms with Crippen LogP contribution in [0.3, 0.4) is 0 Å². The molecule has 7 nitrogen and oxygen atoms in total. The van der Waals surface area contributed by atoms with Crippen molar-refractivity contribution in [3.05, 3.63) is 35.4 Å². The zero-order valence-electron chi connectivity index (χ0n) is 12.7. The summed E-state index contributed by atoms with van der Waals surface area (Å²) < 4.78 is 12.7. The number of aryl methyl sites for hydroxylation is 1. The van der Waals surface area contributed by atoms with E-state index in [1.165, 1.54) is 0 Å². The van der Waals surface area contributed by atoms with Crippen molar-refractivity contribution < 1.29 is 14.1 Å². The first-order chi connectivity index (χ1) is 11.2. The molecule has 0 radical (unpaired) electrons. The highest BCUT2D eigenvalue weighted by molar-refractivity contribution is 6.29. The van der Waals surface area contributed by atoms with Crippen molar-refractivity contribution in [2.45, 2.75) is 31.9 Å². The Morgan fingerprint density at radius 3 is 3.13 bits per heavy atom. The van der Waals surface area contributed by atoms with Gasteiger partial charge in [-0.05, 0) is 12.5 Å². The molecular weight excluding hydrogens is 320 g/mol. The minimum Gasteiger partial charge on any atom is -0.374 e. The van der Waals surface area contributed by atoms with Crippen molar-refractivity contribution in [2.75, 3.05) is 19.7 Å². The van der Waals surface area contributed by atoms with Crippen LogP contribution in [0.15, 0.2) is 29.0 Å². The Morgan fingerprint density at radius 1 is 1.48 bits per heavy atom. The fraction of sp³-hybridized carbons (Fsp3) is 0.533. The molecule has 3 rings (SSSR count). The average molecular weight is 339 g/mol. The summed E-state index contributed by atoms with van der Waals surface area (Å²) in [5.41, 5.74) is 0. The molecule has 124 valence electrons. The van der Waals surface area contributed by atoms with Gasteiger partial charge >= 0.3 is 0 Å². The Hall–Kier alpha value is -1.86. The fourth-order valence-electron chi connectivity index (χ4n) is 2.64. The third-order valence-corrected chi connectivity index (χ3v) is 3.95.